The van der Waals surface area contributed by atoms with Crippen molar-refractivity contribution in [2.75, 3.05) is 18.1 Å². The quantitative estimate of drug-likeness (QED) is 0.389. The SMILES string of the molecule is CCCn1cc(C(=O)C(F)(F)F)c2cc(N(CCO)C(=O)c3c(Cl)ncnc3Cl)ccc21. The summed E-state index contributed by atoms with van der Waals surface area (Å²) in [6.07, 6.45) is -2.21. The monoisotopic (exact) mass is 488 g/mol. The van der Waals surface area contributed by atoms with Crippen LogP contribution >= 0.6 is 23.2 Å². The molecule has 1 N–H and O–H groups in total. The fourth-order valence-corrected chi connectivity index (χ4v) is 3.79. The van der Waals surface area contributed by atoms with Gasteiger partial charge in [-0.05, 0) is 24.6 Å². The van der Waals surface area contributed by atoms with Gasteiger partial charge in [0, 0.05) is 35.9 Å². The number of ketones is 1. The summed E-state index contributed by atoms with van der Waals surface area (Å²) in [6.45, 7) is 1.57. The number of carbonyl (C=O) groups excluding carboxylic acids is 2. The summed E-state index contributed by atoms with van der Waals surface area (Å²) in [6, 6.07) is 4.30. The van der Waals surface area contributed by atoms with E-state index in [1.807, 2.05) is 6.92 Å². The van der Waals surface area contributed by atoms with Crippen molar-refractivity contribution in [3.05, 3.63) is 52.2 Å². The van der Waals surface area contributed by atoms with Crippen LogP contribution in [0.15, 0.2) is 30.7 Å². The van der Waals surface area contributed by atoms with Crippen LogP contribution < -0.4 is 4.90 Å². The van der Waals surface area contributed by atoms with Gasteiger partial charge in [-0.3, -0.25) is 9.59 Å². The number of rotatable bonds is 7. The van der Waals surface area contributed by atoms with E-state index in [2.05, 4.69) is 9.97 Å². The molecule has 170 valence electrons. The van der Waals surface area contributed by atoms with E-state index < -0.39 is 30.0 Å². The average molecular weight is 489 g/mol. The molecule has 7 nitrogen and oxygen atoms in total. The van der Waals surface area contributed by atoms with Gasteiger partial charge < -0.3 is 14.6 Å². The minimum atomic E-state index is -5.07. The van der Waals surface area contributed by atoms with Crippen molar-refractivity contribution in [1.29, 1.82) is 0 Å². The number of hydrogen-bond acceptors (Lipinski definition) is 5. The number of Topliss-reactive ketones (excluding diaryl/α,β-unsaturated/α-hetero) is 1. The predicted molar refractivity (Wildman–Crippen MR) is 113 cm³/mol. The number of aromatic nitrogens is 3. The summed E-state index contributed by atoms with van der Waals surface area (Å²) >= 11 is 12.0. The maximum atomic E-state index is 13.2. The van der Waals surface area contributed by atoms with Gasteiger partial charge in [0.25, 0.3) is 11.7 Å². The molecule has 0 aliphatic rings. The molecule has 0 fully saturated rings. The Morgan fingerprint density at radius 3 is 2.41 bits per heavy atom. The second-order valence-electron chi connectivity index (χ2n) is 6.78. The second-order valence-corrected chi connectivity index (χ2v) is 7.49. The molecule has 2 heterocycles. The highest BCUT2D eigenvalue weighted by atomic mass is 35.5. The number of aliphatic hydroxyl groups excluding tert-OH is 1. The molecule has 32 heavy (non-hydrogen) atoms. The van der Waals surface area contributed by atoms with Crippen LogP contribution in [0.2, 0.25) is 10.3 Å². The molecular formula is C20H17Cl2F3N4O3. The molecule has 0 atom stereocenters. The topological polar surface area (TPSA) is 88.3 Å². The van der Waals surface area contributed by atoms with Crippen LogP contribution in [-0.4, -0.2) is 50.7 Å². The van der Waals surface area contributed by atoms with Crippen molar-refractivity contribution in [1.82, 2.24) is 14.5 Å². The highest BCUT2D eigenvalue weighted by Gasteiger charge is 2.41. The number of anilines is 1. The van der Waals surface area contributed by atoms with Gasteiger partial charge in [0.1, 0.15) is 22.2 Å². The molecule has 0 spiro atoms. The van der Waals surface area contributed by atoms with Gasteiger partial charge in [-0.15, -0.1) is 0 Å². The van der Waals surface area contributed by atoms with E-state index in [0.29, 0.717) is 18.5 Å². The van der Waals surface area contributed by atoms with E-state index in [1.54, 1.807) is 4.57 Å². The van der Waals surface area contributed by atoms with Crippen LogP contribution in [-0.2, 0) is 6.54 Å². The summed E-state index contributed by atoms with van der Waals surface area (Å²) in [7, 11) is 0. The number of carbonyl (C=O) groups is 2. The van der Waals surface area contributed by atoms with E-state index in [-0.39, 0.29) is 33.5 Å². The number of fused-ring (bicyclic) bond motifs is 1. The number of nitrogens with zero attached hydrogens (tertiary/aromatic N) is 4. The minimum Gasteiger partial charge on any atom is -0.395 e. The van der Waals surface area contributed by atoms with E-state index in [9.17, 15) is 27.9 Å². The Bertz CT molecular complexity index is 1160. The zero-order chi connectivity index (χ0) is 23.6. The first-order chi connectivity index (χ1) is 15.1. The van der Waals surface area contributed by atoms with Crippen LogP contribution in [0.4, 0.5) is 18.9 Å². The molecular weight excluding hydrogens is 472 g/mol. The van der Waals surface area contributed by atoms with Crippen LogP contribution in [0.3, 0.4) is 0 Å². The molecule has 0 unspecified atom stereocenters. The van der Waals surface area contributed by atoms with Crippen molar-refractivity contribution >= 4 is 51.5 Å². The molecule has 0 saturated heterocycles. The normalized spacial score (nSPS) is 11.7. The third-order valence-corrected chi connectivity index (χ3v) is 5.25. The van der Waals surface area contributed by atoms with Crippen LogP contribution in [0.25, 0.3) is 10.9 Å². The summed E-state index contributed by atoms with van der Waals surface area (Å²) in [5, 5.41) is 9.05. The number of benzene rings is 1. The van der Waals surface area contributed by atoms with Crippen molar-refractivity contribution in [2.45, 2.75) is 26.1 Å². The molecule has 0 radical (unpaired) electrons. The summed E-state index contributed by atoms with van der Waals surface area (Å²) in [5.74, 6) is -2.75. The second kappa shape index (κ2) is 9.43. The fraction of sp³-hybridized carbons (Fsp3) is 0.300. The van der Waals surface area contributed by atoms with E-state index >= 15 is 0 Å². The Hall–Kier alpha value is -2.69. The first kappa shape index (κ1) is 24.0. The fourth-order valence-electron chi connectivity index (χ4n) is 3.32. The van der Waals surface area contributed by atoms with E-state index in [1.165, 1.54) is 18.2 Å². The van der Waals surface area contributed by atoms with Crippen LogP contribution in [0.5, 0.6) is 0 Å². The summed E-state index contributed by atoms with van der Waals surface area (Å²) < 4.78 is 41.1. The van der Waals surface area contributed by atoms with Crippen molar-refractivity contribution in [3.63, 3.8) is 0 Å². The van der Waals surface area contributed by atoms with Gasteiger partial charge in [0.15, 0.2) is 0 Å². The molecule has 0 saturated carbocycles. The van der Waals surface area contributed by atoms with E-state index in [4.69, 9.17) is 23.2 Å². The van der Waals surface area contributed by atoms with Gasteiger partial charge in [0.2, 0.25) is 0 Å². The maximum Gasteiger partial charge on any atom is 0.454 e. The van der Waals surface area contributed by atoms with Gasteiger partial charge in [-0.2, -0.15) is 13.2 Å². The number of halogens is 5. The Labute approximate surface area is 190 Å². The number of aliphatic hydroxyl groups is 1. The zero-order valence-electron chi connectivity index (χ0n) is 16.7. The predicted octanol–water partition coefficient (Wildman–Crippen LogP) is 4.53. The molecule has 1 aromatic carbocycles. The molecule has 0 aliphatic carbocycles. The number of alkyl halides is 3. The van der Waals surface area contributed by atoms with E-state index in [0.717, 1.165) is 17.4 Å². The molecule has 0 bridgehead atoms. The molecule has 3 rings (SSSR count). The minimum absolute atomic E-state index is 0.0236. The summed E-state index contributed by atoms with van der Waals surface area (Å²) in [5.41, 5.74) is -0.213. The molecule has 12 heteroatoms. The Morgan fingerprint density at radius 1 is 1.19 bits per heavy atom. The average Bonchev–Trinajstić information content (AvgIpc) is 3.08. The summed E-state index contributed by atoms with van der Waals surface area (Å²) in [4.78, 5) is 33.7. The van der Waals surface area contributed by atoms with Crippen molar-refractivity contribution in [3.8, 4) is 0 Å². The first-order valence-electron chi connectivity index (χ1n) is 9.43. The Morgan fingerprint density at radius 2 is 1.84 bits per heavy atom. The van der Waals surface area contributed by atoms with Gasteiger partial charge in [-0.1, -0.05) is 30.1 Å². The molecule has 1 amide bonds. The lowest BCUT2D eigenvalue weighted by molar-refractivity contribution is -0.0884. The van der Waals surface area contributed by atoms with Gasteiger partial charge in [0.05, 0.1) is 12.2 Å². The van der Waals surface area contributed by atoms with Crippen LogP contribution in [0, 0.1) is 0 Å². The lowest BCUT2D eigenvalue weighted by atomic mass is 10.1. The van der Waals surface area contributed by atoms with Crippen LogP contribution in [0.1, 0.15) is 34.1 Å². The molecule has 0 aliphatic heterocycles. The van der Waals surface area contributed by atoms with Gasteiger partial charge in [-0.25, -0.2) is 9.97 Å². The van der Waals surface area contributed by atoms with Crippen molar-refractivity contribution < 1.29 is 27.9 Å². The lowest BCUT2D eigenvalue weighted by Crippen LogP contribution is -2.34. The standard InChI is InChI=1S/C20H17Cl2F3N4O3/c1-2-5-28-9-13(16(31)20(23,24)25)12-8-11(3-4-14(12)28)29(6-7-30)19(32)15-17(21)26-10-27-18(15)22/h3-4,8-10,30H,2,5-7H2,1H3. The van der Waals surface area contributed by atoms with Crippen molar-refractivity contribution in [2.24, 2.45) is 0 Å². The lowest BCUT2D eigenvalue weighted by Gasteiger charge is -2.23. The Kier molecular flexibility index (Phi) is 7.06. The highest BCUT2D eigenvalue weighted by molar-refractivity contribution is 6.39. The highest BCUT2D eigenvalue weighted by Crippen LogP contribution is 2.33. The molecule has 3 aromatic rings. The zero-order valence-corrected chi connectivity index (χ0v) is 18.2. The first-order valence-corrected chi connectivity index (χ1v) is 10.2. The maximum absolute atomic E-state index is 13.2. The molecule has 2 aromatic heterocycles. The Balaban J connectivity index is 2.17. The smallest absolute Gasteiger partial charge is 0.395 e. The third kappa shape index (κ3) is 4.57. The number of amides is 1. The largest absolute Gasteiger partial charge is 0.454 e. The number of hydrogen-bond donors (Lipinski definition) is 1. The number of aryl methyl sites for hydroxylation is 1. The third-order valence-electron chi connectivity index (χ3n) is 4.68. The van der Waals surface area contributed by atoms with Gasteiger partial charge >= 0.3 is 6.18 Å².